The third-order valence-corrected chi connectivity index (χ3v) is 3.72. The molecule has 1 aromatic rings. The van der Waals surface area contributed by atoms with E-state index >= 15 is 0 Å². The van der Waals surface area contributed by atoms with Crippen LogP contribution in [0.15, 0.2) is 22.6 Å². The van der Waals surface area contributed by atoms with Gasteiger partial charge in [-0.2, -0.15) is 4.36 Å². The summed E-state index contributed by atoms with van der Waals surface area (Å²) in [7, 11) is -2.02. The van der Waals surface area contributed by atoms with Gasteiger partial charge in [-0.25, -0.2) is 4.21 Å². The second-order valence-corrected chi connectivity index (χ2v) is 5.87. The molecule has 1 aliphatic rings. The summed E-state index contributed by atoms with van der Waals surface area (Å²) in [5.74, 6) is 0.642. The number of hydrogen-bond donors (Lipinski definition) is 1. The Morgan fingerprint density at radius 3 is 3.08 bits per heavy atom. The summed E-state index contributed by atoms with van der Waals surface area (Å²) in [4.78, 5) is 0. The van der Waals surface area contributed by atoms with Crippen molar-refractivity contribution in [2.24, 2.45) is 4.36 Å². The molecule has 1 atom stereocenters. The molecule has 0 spiro atoms. The summed E-state index contributed by atoms with van der Waals surface area (Å²) in [6.07, 6.45) is 2.50. The van der Waals surface area contributed by atoms with Crippen molar-refractivity contribution in [1.29, 1.82) is 0 Å². The van der Waals surface area contributed by atoms with E-state index in [0.717, 1.165) is 17.7 Å². The van der Waals surface area contributed by atoms with Gasteiger partial charge in [-0.15, -0.1) is 0 Å². The van der Waals surface area contributed by atoms with Gasteiger partial charge in [-0.3, -0.25) is 0 Å². The maximum atomic E-state index is 11.7. The highest BCUT2D eigenvalue weighted by Crippen LogP contribution is 2.31. The van der Waals surface area contributed by atoms with E-state index in [4.69, 9.17) is 5.73 Å². The quantitative estimate of drug-likeness (QED) is 0.640. The average molecular weight is 196 g/mol. The molecule has 1 heterocycles. The fourth-order valence-electron chi connectivity index (χ4n) is 1.46. The molecular weight excluding hydrogens is 184 g/mol. The fraction of sp³-hybridized carbons (Fsp3) is 0.333. The number of aryl methyl sites for hydroxylation is 1. The zero-order valence-corrected chi connectivity index (χ0v) is 8.30. The Bertz CT molecular complexity index is 459. The maximum Gasteiger partial charge on any atom is 0.0991 e. The zero-order chi connectivity index (χ0) is 9.47. The van der Waals surface area contributed by atoms with Gasteiger partial charge >= 0.3 is 0 Å². The monoisotopic (exact) mass is 196 g/mol. The van der Waals surface area contributed by atoms with Gasteiger partial charge < -0.3 is 5.73 Å². The number of nitrogens with two attached hydrogens (primary N) is 1. The summed E-state index contributed by atoms with van der Waals surface area (Å²) in [6.45, 7) is 0. The number of anilines is 1. The van der Waals surface area contributed by atoms with E-state index in [1.54, 1.807) is 12.3 Å². The molecule has 0 aliphatic carbocycles. The molecule has 1 aromatic carbocycles. The van der Waals surface area contributed by atoms with Crippen LogP contribution in [0.5, 0.6) is 0 Å². The molecule has 1 unspecified atom stereocenters. The molecule has 4 heteroatoms. The van der Waals surface area contributed by atoms with Crippen LogP contribution in [0.1, 0.15) is 5.56 Å². The Balaban J connectivity index is 2.70. The Hall–Kier alpha value is -1.03. The first-order valence-electron chi connectivity index (χ1n) is 4.16. The minimum absolute atomic E-state index is 0.631. The van der Waals surface area contributed by atoms with E-state index in [1.165, 1.54) is 0 Å². The summed E-state index contributed by atoms with van der Waals surface area (Å²) in [5, 5.41) is 0. The Morgan fingerprint density at radius 2 is 2.31 bits per heavy atom. The van der Waals surface area contributed by atoms with Crippen LogP contribution in [0.25, 0.3) is 0 Å². The lowest BCUT2D eigenvalue weighted by atomic mass is 10.1. The molecule has 0 radical (unpaired) electrons. The van der Waals surface area contributed by atoms with Gasteiger partial charge in [-0.1, -0.05) is 12.1 Å². The third-order valence-electron chi connectivity index (χ3n) is 2.19. The van der Waals surface area contributed by atoms with Crippen LogP contribution in [0.2, 0.25) is 0 Å². The molecule has 0 amide bonds. The first kappa shape index (κ1) is 8.56. The topological polar surface area (TPSA) is 55.5 Å². The van der Waals surface area contributed by atoms with Crippen LogP contribution in [0, 0.1) is 0 Å². The lowest BCUT2D eigenvalue weighted by Gasteiger charge is -2.15. The molecule has 0 fully saturated rings. The summed E-state index contributed by atoms with van der Waals surface area (Å²) in [5.41, 5.74) is 8.22. The van der Waals surface area contributed by atoms with Crippen LogP contribution in [0.4, 0.5) is 11.4 Å². The zero-order valence-electron chi connectivity index (χ0n) is 7.49. The molecule has 2 rings (SSSR count). The van der Waals surface area contributed by atoms with E-state index < -0.39 is 9.73 Å². The van der Waals surface area contributed by atoms with Crippen LogP contribution >= 0.6 is 0 Å². The van der Waals surface area contributed by atoms with Gasteiger partial charge in [0, 0.05) is 21.7 Å². The van der Waals surface area contributed by atoms with Crippen molar-refractivity contribution in [3.05, 3.63) is 23.8 Å². The molecule has 0 bridgehead atoms. The summed E-state index contributed by atoms with van der Waals surface area (Å²) in [6, 6.07) is 5.69. The molecule has 0 saturated heterocycles. The second kappa shape index (κ2) is 2.73. The number of rotatable bonds is 0. The highest BCUT2D eigenvalue weighted by atomic mass is 32.2. The van der Waals surface area contributed by atoms with E-state index in [1.807, 2.05) is 12.1 Å². The molecule has 70 valence electrons. The van der Waals surface area contributed by atoms with Crippen molar-refractivity contribution < 1.29 is 4.21 Å². The van der Waals surface area contributed by atoms with Crippen LogP contribution in [0.3, 0.4) is 0 Å². The summed E-state index contributed by atoms with van der Waals surface area (Å²) >= 11 is 0. The van der Waals surface area contributed by atoms with Gasteiger partial charge in [0.1, 0.15) is 0 Å². The van der Waals surface area contributed by atoms with Crippen molar-refractivity contribution in [2.45, 2.75) is 6.42 Å². The van der Waals surface area contributed by atoms with Crippen molar-refractivity contribution in [1.82, 2.24) is 0 Å². The van der Waals surface area contributed by atoms with Gasteiger partial charge in [0.25, 0.3) is 0 Å². The number of nitrogen functional groups attached to an aromatic ring is 1. The second-order valence-electron chi connectivity index (χ2n) is 3.36. The fourth-order valence-corrected chi connectivity index (χ4v) is 2.76. The highest BCUT2D eigenvalue weighted by Gasteiger charge is 2.15. The SMILES string of the molecule is CS1(=O)=Nc2c(N)cccc2CC1. The van der Waals surface area contributed by atoms with Gasteiger partial charge in [0.15, 0.2) is 0 Å². The molecule has 0 saturated carbocycles. The Kier molecular flexibility index (Phi) is 1.80. The lowest BCUT2D eigenvalue weighted by Crippen LogP contribution is -2.11. The molecule has 0 aromatic heterocycles. The van der Waals surface area contributed by atoms with Crippen molar-refractivity contribution >= 4 is 21.1 Å². The molecule has 2 N–H and O–H groups in total. The first-order chi connectivity index (χ1) is 6.08. The van der Waals surface area contributed by atoms with E-state index in [0.29, 0.717) is 11.4 Å². The molecule has 13 heavy (non-hydrogen) atoms. The average Bonchev–Trinajstić information content (AvgIpc) is 2.06. The van der Waals surface area contributed by atoms with Crippen molar-refractivity contribution in [2.75, 3.05) is 17.7 Å². The number of nitrogens with zero attached hydrogens (tertiary/aromatic N) is 1. The minimum Gasteiger partial charge on any atom is -0.397 e. The van der Waals surface area contributed by atoms with Crippen molar-refractivity contribution in [3.63, 3.8) is 0 Å². The molecule has 1 aliphatic heterocycles. The third kappa shape index (κ3) is 1.54. The first-order valence-corrected chi connectivity index (χ1v) is 6.25. The van der Waals surface area contributed by atoms with Crippen LogP contribution in [-0.4, -0.2) is 16.2 Å². The lowest BCUT2D eigenvalue weighted by molar-refractivity contribution is 0.679. The normalized spacial score (nSPS) is 26.2. The Labute approximate surface area is 78.1 Å². The minimum atomic E-state index is -2.02. The van der Waals surface area contributed by atoms with Gasteiger partial charge in [0.05, 0.1) is 11.4 Å². The molecule has 3 nitrogen and oxygen atoms in total. The largest absolute Gasteiger partial charge is 0.397 e. The van der Waals surface area contributed by atoms with Crippen LogP contribution < -0.4 is 5.73 Å². The van der Waals surface area contributed by atoms with E-state index in [-0.39, 0.29) is 0 Å². The van der Waals surface area contributed by atoms with Crippen molar-refractivity contribution in [3.8, 4) is 0 Å². The highest BCUT2D eigenvalue weighted by molar-refractivity contribution is 7.93. The smallest absolute Gasteiger partial charge is 0.0991 e. The number of benzene rings is 1. The molecular formula is C9H12N2OS. The predicted molar refractivity (Wildman–Crippen MR) is 55.6 cm³/mol. The number of hydrogen-bond acceptors (Lipinski definition) is 3. The summed E-state index contributed by atoms with van der Waals surface area (Å²) < 4.78 is 15.9. The van der Waals surface area contributed by atoms with Crippen LogP contribution in [-0.2, 0) is 16.1 Å². The predicted octanol–water partition coefficient (Wildman–Crippen LogP) is 1.55. The van der Waals surface area contributed by atoms with Gasteiger partial charge in [0.2, 0.25) is 0 Å². The van der Waals surface area contributed by atoms with Gasteiger partial charge in [-0.05, 0) is 18.1 Å². The maximum absolute atomic E-state index is 11.7. The Morgan fingerprint density at radius 1 is 1.54 bits per heavy atom. The number of fused-ring (bicyclic) bond motifs is 1. The van der Waals surface area contributed by atoms with E-state index in [9.17, 15) is 4.21 Å². The standard InChI is InChI=1S/C9H12N2OS/c1-13(12)6-5-7-3-2-4-8(10)9(7)11-13/h2-4H,5-6,10H2,1H3. The van der Waals surface area contributed by atoms with E-state index in [2.05, 4.69) is 4.36 Å².